The van der Waals surface area contributed by atoms with Crippen LogP contribution >= 0.6 is 0 Å². The number of methoxy groups -OCH3 is 1. The van der Waals surface area contributed by atoms with Crippen molar-refractivity contribution in [3.05, 3.63) is 106 Å². The van der Waals surface area contributed by atoms with Crippen molar-refractivity contribution in [2.75, 3.05) is 7.11 Å². The van der Waals surface area contributed by atoms with Gasteiger partial charge < -0.3 is 14.7 Å². The van der Waals surface area contributed by atoms with Gasteiger partial charge in [0.1, 0.15) is 11.5 Å². The van der Waals surface area contributed by atoms with Crippen molar-refractivity contribution in [2.45, 2.75) is 45.7 Å². The molecule has 5 nitrogen and oxygen atoms in total. The lowest BCUT2D eigenvalue weighted by atomic mass is 9.85. The summed E-state index contributed by atoms with van der Waals surface area (Å²) < 4.78 is 5.33. The van der Waals surface area contributed by atoms with Gasteiger partial charge in [0.05, 0.1) is 18.7 Å². The lowest BCUT2D eigenvalue weighted by Gasteiger charge is -2.27. The predicted octanol–water partition coefficient (Wildman–Crippen LogP) is 5.92. The van der Waals surface area contributed by atoms with Crippen LogP contribution in [0.5, 0.6) is 5.75 Å². The highest BCUT2D eigenvalue weighted by Gasteiger charge is 2.46. The van der Waals surface area contributed by atoms with Gasteiger partial charge in [-0.1, -0.05) is 87.0 Å². The number of amides is 1. The van der Waals surface area contributed by atoms with Crippen LogP contribution in [0.25, 0.3) is 5.76 Å². The van der Waals surface area contributed by atoms with E-state index in [4.69, 9.17) is 4.74 Å². The highest BCUT2D eigenvalue weighted by atomic mass is 16.5. The fraction of sp³-hybridized carbons (Fsp3) is 0.267. The van der Waals surface area contributed by atoms with Crippen LogP contribution in [0.4, 0.5) is 0 Å². The molecule has 1 heterocycles. The van der Waals surface area contributed by atoms with Crippen LogP contribution in [-0.4, -0.2) is 28.8 Å². The minimum atomic E-state index is -0.712. The maximum absolute atomic E-state index is 13.3. The van der Waals surface area contributed by atoms with Gasteiger partial charge in [-0.2, -0.15) is 0 Å². The number of carbonyl (C=O) groups is 2. The number of rotatable bonds is 5. The van der Waals surface area contributed by atoms with Crippen molar-refractivity contribution in [1.29, 1.82) is 0 Å². The molecule has 35 heavy (non-hydrogen) atoms. The molecule has 0 aromatic heterocycles. The van der Waals surface area contributed by atoms with E-state index < -0.39 is 17.7 Å². The number of hydrogen-bond acceptors (Lipinski definition) is 4. The summed E-state index contributed by atoms with van der Waals surface area (Å²) >= 11 is 0. The van der Waals surface area contributed by atoms with Gasteiger partial charge in [0.15, 0.2) is 0 Å². The molecule has 4 rings (SSSR count). The Labute approximate surface area is 206 Å². The number of ketones is 1. The Morgan fingerprint density at radius 1 is 0.971 bits per heavy atom. The van der Waals surface area contributed by atoms with Crippen molar-refractivity contribution >= 4 is 17.4 Å². The normalized spacial score (nSPS) is 17.6. The Morgan fingerprint density at radius 2 is 1.63 bits per heavy atom. The van der Waals surface area contributed by atoms with Gasteiger partial charge in [0.25, 0.3) is 11.7 Å². The van der Waals surface area contributed by atoms with E-state index in [2.05, 4.69) is 20.8 Å². The highest BCUT2D eigenvalue weighted by Crippen LogP contribution is 2.41. The first-order valence-corrected chi connectivity index (χ1v) is 11.7. The molecule has 1 atom stereocenters. The molecule has 0 bridgehead atoms. The fourth-order valence-corrected chi connectivity index (χ4v) is 4.39. The molecule has 0 saturated carbocycles. The van der Waals surface area contributed by atoms with Crippen molar-refractivity contribution in [2.24, 2.45) is 0 Å². The minimum absolute atomic E-state index is 0.0389. The molecule has 1 fully saturated rings. The molecule has 0 spiro atoms. The van der Waals surface area contributed by atoms with Gasteiger partial charge in [-0.15, -0.1) is 0 Å². The second-order valence-electron chi connectivity index (χ2n) is 10.0. The van der Waals surface area contributed by atoms with Gasteiger partial charge in [-0.05, 0) is 41.2 Å². The van der Waals surface area contributed by atoms with E-state index in [1.165, 1.54) is 4.90 Å². The van der Waals surface area contributed by atoms with E-state index >= 15 is 0 Å². The average Bonchev–Trinajstić information content (AvgIpc) is 3.08. The monoisotopic (exact) mass is 469 g/mol. The van der Waals surface area contributed by atoms with Crippen molar-refractivity contribution in [3.8, 4) is 5.75 Å². The molecule has 1 amide bonds. The smallest absolute Gasteiger partial charge is 0.295 e. The van der Waals surface area contributed by atoms with E-state index in [-0.39, 0.29) is 23.3 Å². The van der Waals surface area contributed by atoms with Gasteiger partial charge in [0.2, 0.25) is 0 Å². The molecule has 5 heteroatoms. The lowest BCUT2D eigenvalue weighted by Crippen LogP contribution is -2.29. The van der Waals surface area contributed by atoms with Crippen molar-refractivity contribution in [3.63, 3.8) is 0 Å². The Kier molecular flexibility index (Phi) is 6.53. The summed E-state index contributed by atoms with van der Waals surface area (Å²) in [6.45, 7) is 8.56. The fourth-order valence-electron chi connectivity index (χ4n) is 4.39. The number of aliphatic hydroxyl groups excluding tert-OH is 1. The Morgan fingerprint density at radius 3 is 2.23 bits per heavy atom. The molecule has 1 aliphatic rings. The number of likely N-dealkylation sites (tertiary alicyclic amines) is 1. The van der Waals surface area contributed by atoms with Crippen molar-refractivity contribution < 1.29 is 19.4 Å². The zero-order valence-corrected chi connectivity index (χ0v) is 20.8. The third-order valence-electron chi connectivity index (χ3n) is 6.44. The quantitative estimate of drug-likeness (QED) is 0.286. The number of aryl methyl sites for hydroxylation is 1. The van der Waals surface area contributed by atoms with Crippen LogP contribution < -0.4 is 4.74 Å². The van der Waals surface area contributed by atoms with Gasteiger partial charge >= 0.3 is 0 Å². The molecule has 180 valence electrons. The summed E-state index contributed by atoms with van der Waals surface area (Å²) in [5.74, 6) is -0.812. The molecule has 1 unspecified atom stereocenters. The van der Waals surface area contributed by atoms with E-state index in [0.717, 1.165) is 22.3 Å². The van der Waals surface area contributed by atoms with E-state index in [1.54, 1.807) is 19.2 Å². The first-order valence-electron chi connectivity index (χ1n) is 11.7. The molecule has 3 aromatic carbocycles. The SMILES string of the molecule is COc1cccc(CN2C(=O)C(=O)/C(=C(\O)c3ccc(C)cc3)C2c2ccc(C(C)(C)C)cc2)c1. The van der Waals surface area contributed by atoms with Crippen LogP contribution in [0.2, 0.25) is 0 Å². The maximum atomic E-state index is 13.3. The van der Waals surface area contributed by atoms with Crippen LogP contribution in [0.3, 0.4) is 0 Å². The number of carbonyl (C=O) groups excluding carboxylic acids is 2. The third kappa shape index (κ3) is 4.85. The zero-order valence-electron chi connectivity index (χ0n) is 20.8. The van der Waals surface area contributed by atoms with Gasteiger partial charge in [-0.25, -0.2) is 0 Å². The van der Waals surface area contributed by atoms with Gasteiger partial charge in [-0.3, -0.25) is 9.59 Å². The van der Waals surface area contributed by atoms with Gasteiger partial charge in [0, 0.05) is 12.1 Å². The summed E-state index contributed by atoms with van der Waals surface area (Å²) in [6.07, 6.45) is 0. The molecule has 1 N–H and O–H groups in total. The number of nitrogens with zero attached hydrogens (tertiary/aromatic N) is 1. The number of ether oxygens (including phenoxy) is 1. The lowest BCUT2D eigenvalue weighted by molar-refractivity contribution is -0.140. The molecule has 3 aromatic rings. The summed E-state index contributed by atoms with van der Waals surface area (Å²) in [4.78, 5) is 28.1. The minimum Gasteiger partial charge on any atom is -0.507 e. The second-order valence-corrected chi connectivity index (χ2v) is 10.0. The summed E-state index contributed by atoms with van der Waals surface area (Å²) in [6, 6.07) is 21.9. The largest absolute Gasteiger partial charge is 0.507 e. The molecule has 0 radical (unpaired) electrons. The molecule has 1 saturated heterocycles. The van der Waals surface area contributed by atoms with Crippen LogP contribution in [0.15, 0.2) is 78.4 Å². The average molecular weight is 470 g/mol. The summed E-state index contributed by atoms with van der Waals surface area (Å²) in [5.41, 5.74) is 4.35. The molecule has 0 aliphatic carbocycles. The number of benzene rings is 3. The first-order chi connectivity index (χ1) is 16.6. The molecular weight excluding hydrogens is 438 g/mol. The predicted molar refractivity (Wildman–Crippen MR) is 137 cm³/mol. The molecular formula is C30H31NO4. The Hall–Kier alpha value is -3.86. The molecule has 1 aliphatic heterocycles. The van der Waals surface area contributed by atoms with Crippen LogP contribution in [0.1, 0.15) is 54.6 Å². The standard InChI is InChI=1S/C30H31NO4/c1-19-9-11-22(12-10-19)27(32)25-26(21-13-15-23(16-14-21)30(2,3)4)31(29(34)28(25)33)18-20-7-6-8-24(17-20)35-5/h6-17,26,32H,18H2,1-5H3/b27-25-. The van der Waals surface area contributed by atoms with E-state index in [1.807, 2.05) is 67.6 Å². The number of aliphatic hydroxyl groups is 1. The van der Waals surface area contributed by atoms with E-state index in [0.29, 0.717) is 11.3 Å². The Bertz CT molecular complexity index is 1280. The Balaban J connectivity index is 1.84. The first kappa shape index (κ1) is 24.3. The second kappa shape index (κ2) is 9.41. The summed E-state index contributed by atoms with van der Waals surface area (Å²) in [5, 5.41) is 11.2. The number of Topliss-reactive ketones (excluding diaryl/α,β-unsaturated/α-hetero) is 1. The van der Waals surface area contributed by atoms with Crippen LogP contribution in [0, 0.1) is 6.92 Å². The van der Waals surface area contributed by atoms with E-state index in [9.17, 15) is 14.7 Å². The summed E-state index contributed by atoms with van der Waals surface area (Å²) in [7, 11) is 1.59. The third-order valence-corrected chi connectivity index (χ3v) is 6.44. The zero-order chi connectivity index (χ0) is 25.3. The van der Waals surface area contributed by atoms with Crippen LogP contribution in [-0.2, 0) is 21.5 Å². The highest BCUT2D eigenvalue weighted by molar-refractivity contribution is 6.46. The maximum Gasteiger partial charge on any atom is 0.295 e. The number of hydrogen-bond donors (Lipinski definition) is 1. The topological polar surface area (TPSA) is 66.8 Å². The van der Waals surface area contributed by atoms with Crippen molar-refractivity contribution in [1.82, 2.24) is 4.90 Å².